The molecule has 0 radical (unpaired) electrons. The summed E-state index contributed by atoms with van der Waals surface area (Å²) in [5, 5.41) is 15.0. The molecular weight excluding hydrogens is 713 g/mol. The first-order valence-electron chi connectivity index (χ1n) is 20.1. The van der Waals surface area contributed by atoms with Gasteiger partial charge >= 0.3 is 0 Å². The first-order valence-corrected chi connectivity index (χ1v) is 20.1. The Hall–Kier alpha value is -7.99. The van der Waals surface area contributed by atoms with Gasteiger partial charge in [0.1, 0.15) is 0 Å². The maximum atomic E-state index is 9.93. The van der Waals surface area contributed by atoms with Crippen molar-refractivity contribution in [2.24, 2.45) is 0 Å². The van der Waals surface area contributed by atoms with Crippen molar-refractivity contribution in [2.75, 3.05) is 4.90 Å². The highest BCUT2D eigenvalue weighted by Gasteiger charge is 2.31. The largest absolute Gasteiger partial charge is 0.310 e. The van der Waals surface area contributed by atoms with Crippen molar-refractivity contribution >= 4 is 38.6 Å². The second-order valence-electron chi connectivity index (χ2n) is 15.1. The minimum absolute atomic E-state index is 0.659. The first-order chi connectivity index (χ1) is 29.3. The molecule has 0 aliphatic heterocycles. The maximum absolute atomic E-state index is 9.93. The van der Waals surface area contributed by atoms with E-state index in [9.17, 15) is 5.26 Å². The molecule has 2 nitrogen and oxygen atoms in total. The number of hydrogen-bond acceptors (Lipinski definition) is 2. The molecule has 0 unspecified atom stereocenters. The fourth-order valence-electron chi connectivity index (χ4n) is 9.34. The Balaban J connectivity index is 1.12. The SMILES string of the molecule is N#Cc1ccccc1-c1cccc(N(c2ccccc2)c2cccc(-c3ccc4c5c(cccc35)-c3c-4c(-c4ccccc4)c4ccccc4c3-c3ccccc3)c2)c1. The summed E-state index contributed by atoms with van der Waals surface area (Å²) < 4.78 is 0. The number of para-hydroxylation sites is 1. The quantitative estimate of drug-likeness (QED) is 0.162. The first kappa shape index (κ1) is 34.3. The highest BCUT2D eigenvalue weighted by Crippen LogP contribution is 2.58. The summed E-state index contributed by atoms with van der Waals surface area (Å²) in [5.74, 6) is 0. The van der Waals surface area contributed by atoms with Crippen LogP contribution in [0.1, 0.15) is 5.56 Å². The molecule has 10 aromatic carbocycles. The molecule has 0 heterocycles. The van der Waals surface area contributed by atoms with Crippen LogP contribution in [0.5, 0.6) is 0 Å². The van der Waals surface area contributed by atoms with Gasteiger partial charge in [-0.3, -0.25) is 0 Å². The Labute approximate surface area is 344 Å². The number of nitriles is 1. The van der Waals surface area contributed by atoms with Crippen LogP contribution < -0.4 is 4.90 Å². The molecule has 0 amide bonds. The highest BCUT2D eigenvalue weighted by atomic mass is 15.1. The van der Waals surface area contributed by atoms with E-state index in [1.807, 2.05) is 24.3 Å². The van der Waals surface area contributed by atoms with Crippen molar-refractivity contribution in [1.29, 1.82) is 5.26 Å². The van der Waals surface area contributed by atoms with Gasteiger partial charge in [-0.1, -0.05) is 176 Å². The molecule has 274 valence electrons. The fraction of sp³-hybridized carbons (Fsp3) is 0. The van der Waals surface area contributed by atoms with Crippen molar-refractivity contribution < 1.29 is 0 Å². The van der Waals surface area contributed by atoms with Gasteiger partial charge in [-0.05, 0) is 131 Å². The zero-order chi connectivity index (χ0) is 39.3. The lowest BCUT2D eigenvalue weighted by atomic mass is 9.82. The molecule has 0 fully saturated rings. The van der Waals surface area contributed by atoms with E-state index in [-0.39, 0.29) is 0 Å². The number of anilines is 3. The van der Waals surface area contributed by atoms with Crippen molar-refractivity contribution in [3.8, 4) is 72.8 Å². The van der Waals surface area contributed by atoms with E-state index in [0.717, 1.165) is 33.8 Å². The predicted molar refractivity (Wildman–Crippen MR) is 247 cm³/mol. The molecular formula is C57H36N2. The Kier molecular flexibility index (Phi) is 8.24. The Morgan fingerprint density at radius 2 is 0.729 bits per heavy atom. The minimum atomic E-state index is 0.659. The summed E-state index contributed by atoms with van der Waals surface area (Å²) in [4.78, 5) is 2.31. The molecule has 0 atom stereocenters. The maximum Gasteiger partial charge on any atom is 0.0998 e. The topological polar surface area (TPSA) is 27.0 Å². The van der Waals surface area contributed by atoms with Crippen LogP contribution in [-0.2, 0) is 0 Å². The molecule has 0 saturated heterocycles. The standard InChI is InChI=1S/C57H36N2/c58-37-42-21-10-11-28-46(42)40-22-14-26-44(35-40)59(43-24-8-3-9-25-43)45-27-15-23-41(36-45)47-33-34-52-55-48(47)31-16-32-51(55)56-53(38-17-4-1-5-18-38)49-29-12-13-30-50(49)54(57(52)56)39-19-6-2-7-20-39/h1-36H. The van der Waals surface area contributed by atoms with Crippen LogP contribution in [0.25, 0.3) is 88.3 Å². The summed E-state index contributed by atoms with van der Waals surface area (Å²) in [6, 6.07) is 80.4. The molecule has 10 aromatic rings. The van der Waals surface area contributed by atoms with Gasteiger partial charge in [-0.15, -0.1) is 0 Å². The van der Waals surface area contributed by atoms with Crippen LogP contribution in [0.15, 0.2) is 218 Å². The van der Waals surface area contributed by atoms with Crippen LogP contribution in [0.3, 0.4) is 0 Å². The third kappa shape index (κ3) is 5.64. The van der Waals surface area contributed by atoms with Gasteiger partial charge in [0, 0.05) is 17.1 Å². The van der Waals surface area contributed by atoms with Gasteiger partial charge in [0.25, 0.3) is 0 Å². The highest BCUT2D eigenvalue weighted by molar-refractivity contribution is 6.28. The van der Waals surface area contributed by atoms with Gasteiger partial charge in [-0.2, -0.15) is 5.26 Å². The van der Waals surface area contributed by atoms with Crippen molar-refractivity contribution in [3.05, 3.63) is 224 Å². The van der Waals surface area contributed by atoms with Crippen LogP contribution in [0.2, 0.25) is 0 Å². The summed E-state index contributed by atoms with van der Waals surface area (Å²) in [6.07, 6.45) is 0. The Bertz CT molecular complexity index is 3180. The van der Waals surface area contributed by atoms with E-state index in [4.69, 9.17) is 0 Å². The Morgan fingerprint density at radius 3 is 1.34 bits per heavy atom. The lowest BCUT2D eigenvalue weighted by Gasteiger charge is -2.26. The molecule has 59 heavy (non-hydrogen) atoms. The minimum Gasteiger partial charge on any atom is -0.310 e. The van der Waals surface area contributed by atoms with Crippen molar-refractivity contribution in [2.45, 2.75) is 0 Å². The molecule has 1 aliphatic carbocycles. The number of rotatable bonds is 7. The molecule has 0 aromatic heterocycles. The summed E-state index contributed by atoms with van der Waals surface area (Å²) in [7, 11) is 0. The normalized spacial score (nSPS) is 11.4. The van der Waals surface area contributed by atoms with E-state index in [1.54, 1.807) is 0 Å². The number of benzene rings is 10. The van der Waals surface area contributed by atoms with Crippen molar-refractivity contribution in [1.82, 2.24) is 0 Å². The van der Waals surface area contributed by atoms with E-state index in [0.29, 0.717) is 5.56 Å². The monoisotopic (exact) mass is 748 g/mol. The molecule has 0 saturated carbocycles. The third-order valence-electron chi connectivity index (χ3n) is 11.8. The molecule has 0 bridgehead atoms. The Morgan fingerprint density at radius 1 is 0.305 bits per heavy atom. The van der Waals surface area contributed by atoms with Crippen LogP contribution in [-0.4, -0.2) is 0 Å². The number of fused-ring (bicyclic) bond motifs is 4. The second-order valence-corrected chi connectivity index (χ2v) is 15.1. The van der Waals surface area contributed by atoms with E-state index in [1.165, 1.54) is 71.6 Å². The average Bonchev–Trinajstić information content (AvgIpc) is 3.64. The number of nitrogens with zero attached hydrogens (tertiary/aromatic N) is 2. The summed E-state index contributed by atoms with van der Waals surface area (Å²) >= 11 is 0. The van der Waals surface area contributed by atoms with E-state index >= 15 is 0 Å². The zero-order valence-electron chi connectivity index (χ0n) is 32.2. The third-order valence-corrected chi connectivity index (χ3v) is 11.8. The molecule has 0 N–H and O–H groups in total. The van der Waals surface area contributed by atoms with Crippen LogP contribution in [0.4, 0.5) is 17.1 Å². The molecule has 2 heteroatoms. The zero-order valence-corrected chi connectivity index (χ0v) is 32.2. The lowest BCUT2D eigenvalue weighted by molar-refractivity contribution is 1.28. The molecule has 11 rings (SSSR count). The van der Waals surface area contributed by atoms with Gasteiger partial charge in [-0.25, -0.2) is 0 Å². The van der Waals surface area contributed by atoms with Crippen LogP contribution in [0, 0.1) is 11.3 Å². The van der Waals surface area contributed by atoms with Gasteiger partial charge in [0.05, 0.1) is 11.6 Å². The van der Waals surface area contributed by atoms with Crippen LogP contribution >= 0.6 is 0 Å². The lowest BCUT2D eigenvalue weighted by Crippen LogP contribution is -2.10. The predicted octanol–water partition coefficient (Wildman–Crippen LogP) is 15.6. The van der Waals surface area contributed by atoms with E-state index in [2.05, 4.69) is 205 Å². The molecule has 0 spiro atoms. The smallest absolute Gasteiger partial charge is 0.0998 e. The second kappa shape index (κ2) is 14.2. The fourth-order valence-corrected chi connectivity index (χ4v) is 9.34. The molecule has 1 aliphatic rings. The summed E-state index contributed by atoms with van der Waals surface area (Å²) in [5.41, 5.74) is 18.2. The van der Waals surface area contributed by atoms with Crippen molar-refractivity contribution in [3.63, 3.8) is 0 Å². The number of hydrogen-bond donors (Lipinski definition) is 0. The van der Waals surface area contributed by atoms with E-state index < -0.39 is 0 Å². The van der Waals surface area contributed by atoms with Gasteiger partial charge < -0.3 is 4.90 Å². The average molecular weight is 749 g/mol. The van der Waals surface area contributed by atoms with Gasteiger partial charge in [0.15, 0.2) is 0 Å². The van der Waals surface area contributed by atoms with Gasteiger partial charge in [0.2, 0.25) is 0 Å². The summed E-state index contributed by atoms with van der Waals surface area (Å²) in [6.45, 7) is 0.